The third-order valence-electron chi connectivity index (χ3n) is 3.94. The average molecular weight is 332 g/mol. The van der Waals surface area contributed by atoms with Gasteiger partial charge in [-0.15, -0.1) is 0 Å². The van der Waals surface area contributed by atoms with E-state index in [0.717, 1.165) is 12.8 Å². The molecule has 0 bridgehead atoms. The summed E-state index contributed by atoms with van der Waals surface area (Å²) in [7, 11) is -3.25. The topological polar surface area (TPSA) is 60.2 Å². The van der Waals surface area contributed by atoms with Gasteiger partial charge in [-0.2, -0.15) is 0 Å². The van der Waals surface area contributed by atoms with Crippen LogP contribution < -0.4 is 5.14 Å². The van der Waals surface area contributed by atoms with E-state index in [1.54, 1.807) is 0 Å². The lowest BCUT2D eigenvalue weighted by Gasteiger charge is -2.00. The van der Waals surface area contributed by atoms with Crippen LogP contribution in [-0.2, 0) is 10.0 Å². The van der Waals surface area contributed by atoms with E-state index in [9.17, 15) is 8.42 Å². The zero-order valence-corrected chi connectivity index (χ0v) is 15.4. The van der Waals surface area contributed by atoms with Crippen molar-refractivity contribution in [3.05, 3.63) is 12.2 Å². The van der Waals surface area contributed by atoms with E-state index < -0.39 is 10.0 Å². The molecule has 0 aliphatic rings. The first-order chi connectivity index (χ1) is 10.6. The van der Waals surface area contributed by atoms with E-state index in [-0.39, 0.29) is 5.75 Å². The number of hydrogen-bond acceptors (Lipinski definition) is 2. The minimum Gasteiger partial charge on any atom is -0.229 e. The van der Waals surface area contributed by atoms with Gasteiger partial charge in [0, 0.05) is 0 Å². The molecule has 0 aliphatic heterocycles. The first kappa shape index (κ1) is 21.6. The van der Waals surface area contributed by atoms with E-state index in [4.69, 9.17) is 5.14 Å². The monoisotopic (exact) mass is 331 g/mol. The molecule has 0 saturated carbocycles. The van der Waals surface area contributed by atoms with Crippen LogP contribution in [0.5, 0.6) is 0 Å². The standard InChI is InChI=1S/C18H37NO2S/c1-2-3-4-5-6-7-8-9-10-11-12-13-14-15-16-17-18-22(19,20)21/h9-10H,2-8,11-18H2,1H3,(H2,19,20,21). The number of allylic oxidation sites excluding steroid dienone is 2. The summed E-state index contributed by atoms with van der Waals surface area (Å²) in [5.41, 5.74) is 0. The Bertz CT molecular complexity index is 350. The third-order valence-corrected chi connectivity index (χ3v) is 4.80. The molecule has 132 valence electrons. The minimum absolute atomic E-state index is 0.133. The maximum absolute atomic E-state index is 10.7. The molecule has 0 radical (unpaired) electrons. The van der Waals surface area contributed by atoms with Crippen LogP contribution >= 0.6 is 0 Å². The summed E-state index contributed by atoms with van der Waals surface area (Å²) in [5.74, 6) is 0.133. The van der Waals surface area contributed by atoms with Gasteiger partial charge in [0.05, 0.1) is 5.75 Å². The Kier molecular flexibility index (Phi) is 15.3. The highest BCUT2D eigenvalue weighted by atomic mass is 32.2. The molecule has 0 saturated heterocycles. The van der Waals surface area contributed by atoms with Crippen LogP contribution in [0.1, 0.15) is 96.8 Å². The molecular formula is C18H37NO2S. The summed E-state index contributed by atoms with van der Waals surface area (Å²) in [6.45, 7) is 2.26. The Morgan fingerprint density at radius 3 is 1.55 bits per heavy atom. The van der Waals surface area contributed by atoms with E-state index in [1.165, 1.54) is 70.6 Å². The van der Waals surface area contributed by atoms with Crippen molar-refractivity contribution in [2.24, 2.45) is 5.14 Å². The van der Waals surface area contributed by atoms with Gasteiger partial charge in [0.2, 0.25) is 10.0 Å². The van der Waals surface area contributed by atoms with Crippen LogP contribution in [0.3, 0.4) is 0 Å². The van der Waals surface area contributed by atoms with Crippen LogP contribution in [0, 0.1) is 0 Å². The molecule has 0 unspecified atom stereocenters. The molecule has 0 spiro atoms. The highest BCUT2D eigenvalue weighted by molar-refractivity contribution is 7.89. The molecule has 0 aromatic heterocycles. The molecule has 22 heavy (non-hydrogen) atoms. The first-order valence-electron chi connectivity index (χ1n) is 9.21. The molecule has 4 heteroatoms. The largest absolute Gasteiger partial charge is 0.229 e. The summed E-state index contributed by atoms with van der Waals surface area (Å²) < 4.78 is 21.5. The summed E-state index contributed by atoms with van der Waals surface area (Å²) >= 11 is 0. The summed E-state index contributed by atoms with van der Waals surface area (Å²) in [6.07, 6.45) is 21.8. The SMILES string of the molecule is CCCCCCCCC=CCCCCCCCCS(N)(=O)=O. The lowest BCUT2D eigenvalue weighted by atomic mass is 10.1. The van der Waals surface area contributed by atoms with Crippen molar-refractivity contribution in [3.63, 3.8) is 0 Å². The number of hydrogen-bond donors (Lipinski definition) is 1. The Hall–Kier alpha value is -0.350. The molecule has 0 amide bonds. The molecule has 2 N–H and O–H groups in total. The third kappa shape index (κ3) is 19.7. The summed E-state index contributed by atoms with van der Waals surface area (Å²) in [6, 6.07) is 0. The zero-order chi connectivity index (χ0) is 16.5. The smallest absolute Gasteiger partial charge is 0.209 e. The predicted molar refractivity (Wildman–Crippen MR) is 97.4 cm³/mol. The Balaban J connectivity index is 3.14. The van der Waals surface area contributed by atoms with Gasteiger partial charge in [0.15, 0.2) is 0 Å². The van der Waals surface area contributed by atoms with E-state index in [0.29, 0.717) is 6.42 Å². The first-order valence-corrected chi connectivity index (χ1v) is 10.9. The van der Waals surface area contributed by atoms with Crippen LogP contribution in [0.2, 0.25) is 0 Å². The van der Waals surface area contributed by atoms with Crippen molar-refractivity contribution in [1.29, 1.82) is 0 Å². The number of rotatable bonds is 16. The fourth-order valence-electron chi connectivity index (χ4n) is 2.55. The number of sulfonamides is 1. The second-order valence-corrected chi connectivity index (χ2v) is 8.04. The van der Waals surface area contributed by atoms with Gasteiger partial charge < -0.3 is 0 Å². The van der Waals surface area contributed by atoms with Gasteiger partial charge in [-0.3, -0.25) is 0 Å². The zero-order valence-electron chi connectivity index (χ0n) is 14.6. The molecule has 0 atom stereocenters. The Morgan fingerprint density at radius 1 is 0.682 bits per heavy atom. The molecule has 3 nitrogen and oxygen atoms in total. The molecule has 0 aliphatic carbocycles. The van der Waals surface area contributed by atoms with Crippen molar-refractivity contribution in [2.75, 3.05) is 5.75 Å². The van der Waals surface area contributed by atoms with Gasteiger partial charge in [-0.05, 0) is 32.1 Å². The highest BCUT2D eigenvalue weighted by Crippen LogP contribution is 2.10. The summed E-state index contributed by atoms with van der Waals surface area (Å²) in [5, 5.41) is 4.96. The van der Waals surface area contributed by atoms with Crippen LogP contribution in [0.25, 0.3) is 0 Å². The van der Waals surface area contributed by atoms with Gasteiger partial charge >= 0.3 is 0 Å². The fourth-order valence-corrected chi connectivity index (χ4v) is 3.16. The predicted octanol–water partition coefficient (Wildman–Crippen LogP) is 5.31. The fraction of sp³-hybridized carbons (Fsp3) is 0.889. The molecule has 0 aromatic rings. The highest BCUT2D eigenvalue weighted by Gasteiger charge is 2.00. The summed E-state index contributed by atoms with van der Waals surface area (Å²) in [4.78, 5) is 0. The second-order valence-electron chi connectivity index (χ2n) is 6.30. The molecule has 0 heterocycles. The normalized spacial score (nSPS) is 12.3. The number of unbranched alkanes of at least 4 members (excludes halogenated alkanes) is 12. The molecule has 0 fully saturated rings. The van der Waals surface area contributed by atoms with Crippen LogP contribution in [-0.4, -0.2) is 14.2 Å². The van der Waals surface area contributed by atoms with Crippen molar-refractivity contribution in [1.82, 2.24) is 0 Å². The number of primary sulfonamides is 1. The second kappa shape index (κ2) is 15.5. The molecule has 0 rings (SSSR count). The van der Waals surface area contributed by atoms with Gasteiger partial charge in [-0.25, -0.2) is 13.6 Å². The van der Waals surface area contributed by atoms with E-state index in [2.05, 4.69) is 19.1 Å². The number of nitrogens with two attached hydrogens (primary N) is 1. The van der Waals surface area contributed by atoms with Crippen molar-refractivity contribution in [3.8, 4) is 0 Å². The van der Waals surface area contributed by atoms with Gasteiger partial charge in [0.25, 0.3) is 0 Å². The maximum Gasteiger partial charge on any atom is 0.209 e. The molecular weight excluding hydrogens is 294 g/mol. The van der Waals surface area contributed by atoms with Crippen molar-refractivity contribution < 1.29 is 8.42 Å². The van der Waals surface area contributed by atoms with Crippen molar-refractivity contribution >= 4 is 10.0 Å². The lowest BCUT2D eigenvalue weighted by Crippen LogP contribution is -2.16. The van der Waals surface area contributed by atoms with Crippen LogP contribution in [0.4, 0.5) is 0 Å². The van der Waals surface area contributed by atoms with Crippen LogP contribution in [0.15, 0.2) is 12.2 Å². The lowest BCUT2D eigenvalue weighted by molar-refractivity contribution is 0.582. The maximum atomic E-state index is 10.7. The van der Waals surface area contributed by atoms with E-state index in [1.807, 2.05) is 0 Å². The van der Waals surface area contributed by atoms with Gasteiger partial charge in [-0.1, -0.05) is 76.9 Å². The van der Waals surface area contributed by atoms with Gasteiger partial charge in [0.1, 0.15) is 0 Å². The Labute approximate surface area is 138 Å². The van der Waals surface area contributed by atoms with Crippen molar-refractivity contribution in [2.45, 2.75) is 96.8 Å². The Morgan fingerprint density at radius 2 is 1.09 bits per heavy atom. The average Bonchev–Trinajstić information content (AvgIpc) is 2.45. The van der Waals surface area contributed by atoms with E-state index >= 15 is 0 Å². The molecule has 0 aromatic carbocycles. The quantitative estimate of drug-likeness (QED) is 0.307. The minimum atomic E-state index is -3.25.